The highest BCUT2D eigenvalue weighted by molar-refractivity contribution is 9.10. The SMILES string of the molecule is CCn1nc(C)c(Br)c1CNc1ccn(C)n1. The molecule has 0 bridgehead atoms. The summed E-state index contributed by atoms with van der Waals surface area (Å²) in [7, 11) is 1.90. The molecular weight excluding hydrogens is 282 g/mol. The lowest BCUT2D eigenvalue weighted by Crippen LogP contribution is -2.08. The average molecular weight is 298 g/mol. The molecule has 0 amide bonds. The molecule has 0 saturated heterocycles. The van der Waals surface area contributed by atoms with Gasteiger partial charge in [0, 0.05) is 25.9 Å². The smallest absolute Gasteiger partial charge is 0.148 e. The van der Waals surface area contributed by atoms with Crippen molar-refractivity contribution < 1.29 is 0 Å². The van der Waals surface area contributed by atoms with E-state index in [2.05, 4.69) is 38.4 Å². The molecule has 0 spiro atoms. The van der Waals surface area contributed by atoms with Crippen LogP contribution in [0.25, 0.3) is 0 Å². The fraction of sp³-hybridized carbons (Fsp3) is 0.455. The molecule has 0 saturated carbocycles. The third-order valence-corrected chi connectivity index (χ3v) is 3.63. The van der Waals surface area contributed by atoms with Gasteiger partial charge < -0.3 is 5.32 Å². The maximum atomic E-state index is 4.45. The van der Waals surface area contributed by atoms with Gasteiger partial charge in [0.05, 0.1) is 22.4 Å². The summed E-state index contributed by atoms with van der Waals surface area (Å²) in [5, 5.41) is 12.0. The molecule has 17 heavy (non-hydrogen) atoms. The van der Waals surface area contributed by atoms with Gasteiger partial charge in [-0.25, -0.2) is 0 Å². The summed E-state index contributed by atoms with van der Waals surface area (Å²) in [5.74, 6) is 0.876. The van der Waals surface area contributed by atoms with Gasteiger partial charge in [0.15, 0.2) is 0 Å². The van der Waals surface area contributed by atoms with E-state index in [1.165, 1.54) is 0 Å². The largest absolute Gasteiger partial charge is 0.363 e. The number of aryl methyl sites for hydroxylation is 3. The number of anilines is 1. The minimum atomic E-state index is 0.715. The van der Waals surface area contributed by atoms with Gasteiger partial charge in [-0.05, 0) is 29.8 Å². The molecule has 2 rings (SSSR count). The van der Waals surface area contributed by atoms with Crippen molar-refractivity contribution in [2.75, 3.05) is 5.32 Å². The van der Waals surface area contributed by atoms with Gasteiger partial charge in [-0.15, -0.1) is 0 Å². The van der Waals surface area contributed by atoms with Gasteiger partial charge in [0.25, 0.3) is 0 Å². The summed E-state index contributed by atoms with van der Waals surface area (Å²) in [6.07, 6.45) is 1.92. The van der Waals surface area contributed by atoms with Crippen LogP contribution in [0.2, 0.25) is 0 Å². The first-order valence-electron chi connectivity index (χ1n) is 5.57. The predicted molar refractivity (Wildman–Crippen MR) is 70.9 cm³/mol. The summed E-state index contributed by atoms with van der Waals surface area (Å²) >= 11 is 3.57. The number of halogens is 1. The standard InChI is InChI=1S/C11H16BrN5/c1-4-17-9(11(12)8(2)14-17)7-13-10-5-6-16(3)15-10/h5-6H,4,7H2,1-3H3,(H,13,15). The van der Waals surface area contributed by atoms with Crippen LogP contribution in [0.4, 0.5) is 5.82 Å². The van der Waals surface area contributed by atoms with Crippen LogP contribution in [0.5, 0.6) is 0 Å². The van der Waals surface area contributed by atoms with Crippen LogP contribution in [0.1, 0.15) is 18.3 Å². The van der Waals surface area contributed by atoms with E-state index >= 15 is 0 Å². The van der Waals surface area contributed by atoms with Crippen LogP contribution < -0.4 is 5.32 Å². The fourth-order valence-corrected chi connectivity index (χ4v) is 2.15. The van der Waals surface area contributed by atoms with E-state index in [1.807, 2.05) is 30.9 Å². The Bertz CT molecular complexity index is 514. The van der Waals surface area contributed by atoms with Crippen molar-refractivity contribution in [1.29, 1.82) is 0 Å². The van der Waals surface area contributed by atoms with Crippen LogP contribution in [0.15, 0.2) is 16.7 Å². The molecule has 0 radical (unpaired) electrons. The number of hydrogen-bond donors (Lipinski definition) is 1. The molecule has 6 heteroatoms. The summed E-state index contributed by atoms with van der Waals surface area (Å²) in [5.41, 5.74) is 2.17. The highest BCUT2D eigenvalue weighted by Crippen LogP contribution is 2.21. The van der Waals surface area contributed by atoms with Crippen molar-refractivity contribution >= 4 is 21.7 Å². The van der Waals surface area contributed by atoms with Crippen molar-refractivity contribution in [2.45, 2.75) is 26.9 Å². The predicted octanol–water partition coefficient (Wildman–Crippen LogP) is 2.32. The van der Waals surface area contributed by atoms with Crippen LogP contribution in [0.3, 0.4) is 0 Å². The Morgan fingerprint density at radius 1 is 1.41 bits per heavy atom. The fourth-order valence-electron chi connectivity index (χ4n) is 1.72. The van der Waals surface area contributed by atoms with Crippen LogP contribution in [0, 0.1) is 6.92 Å². The second-order valence-corrected chi connectivity index (χ2v) is 4.68. The number of nitrogens with zero attached hydrogens (tertiary/aromatic N) is 4. The van der Waals surface area contributed by atoms with E-state index in [0.717, 1.165) is 28.2 Å². The van der Waals surface area contributed by atoms with Gasteiger partial charge in [0.2, 0.25) is 0 Å². The molecule has 0 aliphatic rings. The minimum absolute atomic E-state index is 0.715. The molecule has 0 aromatic carbocycles. The summed E-state index contributed by atoms with van der Waals surface area (Å²) < 4.78 is 4.84. The second kappa shape index (κ2) is 4.91. The minimum Gasteiger partial charge on any atom is -0.363 e. The van der Waals surface area contributed by atoms with Gasteiger partial charge in [-0.1, -0.05) is 0 Å². The Morgan fingerprint density at radius 2 is 2.18 bits per heavy atom. The first-order valence-corrected chi connectivity index (χ1v) is 6.36. The maximum Gasteiger partial charge on any atom is 0.148 e. The first-order chi connectivity index (χ1) is 8.11. The van der Waals surface area contributed by atoms with Crippen LogP contribution in [-0.4, -0.2) is 19.6 Å². The maximum absolute atomic E-state index is 4.45. The highest BCUT2D eigenvalue weighted by Gasteiger charge is 2.11. The molecule has 0 aliphatic heterocycles. The molecule has 2 heterocycles. The topological polar surface area (TPSA) is 47.7 Å². The summed E-state index contributed by atoms with van der Waals surface area (Å²) in [6, 6.07) is 1.95. The van der Waals surface area contributed by atoms with Crippen molar-refractivity contribution in [3.05, 3.63) is 28.1 Å². The molecule has 92 valence electrons. The van der Waals surface area contributed by atoms with Gasteiger partial charge in [-0.2, -0.15) is 10.2 Å². The number of nitrogens with one attached hydrogen (secondary N) is 1. The number of rotatable bonds is 4. The number of hydrogen-bond acceptors (Lipinski definition) is 3. The van der Waals surface area contributed by atoms with E-state index in [9.17, 15) is 0 Å². The molecule has 5 nitrogen and oxygen atoms in total. The quantitative estimate of drug-likeness (QED) is 0.942. The zero-order valence-electron chi connectivity index (χ0n) is 10.2. The first kappa shape index (κ1) is 12.2. The van der Waals surface area contributed by atoms with E-state index in [0.29, 0.717) is 6.54 Å². The van der Waals surface area contributed by atoms with Crippen LogP contribution >= 0.6 is 15.9 Å². The molecule has 1 N–H and O–H groups in total. The molecule has 2 aromatic heterocycles. The van der Waals surface area contributed by atoms with E-state index in [-0.39, 0.29) is 0 Å². The third-order valence-electron chi connectivity index (χ3n) is 2.60. The Labute approximate surface area is 109 Å². The molecule has 0 fully saturated rings. The van der Waals surface area contributed by atoms with E-state index < -0.39 is 0 Å². The number of aromatic nitrogens is 4. The molecule has 0 aliphatic carbocycles. The highest BCUT2D eigenvalue weighted by atomic mass is 79.9. The Balaban J connectivity index is 2.13. The molecule has 2 aromatic rings. The third kappa shape index (κ3) is 2.52. The van der Waals surface area contributed by atoms with Crippen molar-refractivity contribution in [1.82, 2.24) is 19.6 Å². The lowest BCUT2D eigenvalue weighted by Gasteiger charge is -2.06. The monoisotopic (exact) mass is 297 g/mol. The average Bonchev–Trinajstić information content (AvgIpc) is 2.83. The normalized spacial score (nSPS) is 10.8. The zero-order valence-corrected chi connectivity index (χ0v) is 11.8. The van der Waals surface area contributed by atoms with Crippen molar-refractivity contribution in [3.63, 3.8) is 0 Å². The van der Waals surface area contributed by atoms with Gasteiger partial charge in [-0.3, -0.25) is 9.36 Å². The van der Waals surface area contributed by atoms with Crippen molar-refractivity contribution in [3.8, 4) is 0 Å². The summed E-state index contributed by atoms with van der Waals surface area (Å²) in [6.45, 7) is 5.67. The van der Waals surface area contributed by atoms with Gasteiger partial charge in [0.1, 0.15) is 5.82 Å². The molecular formula is C11H16BrN5. The van der Waals surface area contributed by atoms with Gasteiger partial charge >= 0.3 is 0 Å². The zero-order chi connectivity index (χ0) is 12.4. The Hall–Kier alpha value is -1.30. The van der Waals surface area contributed by atoms with E-state index in [1.54, 1.807) is 4.68 Å². The Kier molecular flexibility index (Phi) is 3.51. The van der Waals surface area contributed by atoms with E-state index in [4.69, 9.17) is 0 Å². The summed E-state index contributed by atoms with van der Waals surface area (Å²) in [4.78, 5) is 0. The van der Waals surface area contributed by atoms with Crippen molar-refractivity contribution in [2.24, 2.45) is 7.05 Å². The lowest BCUT2D eigenvalue weighted by molar-refractivity contribution is 0.621. The molecule has 0 unspecified atom stereocenters. The van der Waals surface area contributed by atoms with Crippen LogP contribution in [-0.2, 0) is 20.1 Å². The second-order valence-electron chi connectivity index (χ2n) is 3.89. The molecule has 0 atom stereocenters. The Morgan fingerprint density at radius 3 is 2.76 bits per heavy atom. The lowest BCUT2D eigenvalue weighted by atomic mass is 10.3.